The van der Waals surface area contributed by atoms with E-state index >= 15 is 0 Å². The van der Waals surface area contributed by atoms with E-state index in [4.69, 9.17) is 4.42 Å². The van der Waals surface area contributed by atoms with Crippen LogP contribution in [0.5, 0.6) is 0 Å². The molecule has 7 aromatic carbocycles. The molecule has 0 bridgehead atoms. The van der Waals surface area contributed by atoms with Gasteiger partial charge in [0.2, 0.25) is 0 Å². The van der Waals surface area contributed by atoms with E-state index in [2.05, 4.69) is 157 Å². The lowest BCUT2D eigenvalue weighted by molar-refractivity contribution is 0.669. The highest BCUT2D eigenvalue weighted by atomic mass is 32.1. The maximum atomic E-state index is 6.25. The quantitative estimate of drug-likeness (QED) is 0.197. The van der Waals surface area contributed by atoms with Crippen LogP contribution >= 0.6 is 11.3 Å². The molecule has 0 saturated carbocycles. The number of furan rings is 1. The van der Waals surface area contributed by atoms with Crippen LogP contribution in [0.15, 0.2) is 168 Å². The zero-order chi connectivity index (χ0) is 29.7. The Kier molecular flexibility index (Phi) is 6.03. The summed E-state index contributed by atoms with van der Waals surface area (Å²) < 4.78 is 8.80. The average molecular weight is 594 g/mol. The van der Waals surface area contributed by atoms with Crippen molar-refractivity contribution in [3.05, 3.63) is 164 Å². The third kappa shape index (κ3) is 4.32. The summed E-state index contributed by atoms with van der Waals surface area (Å²) in [4.78, 5) is 2.44. The van der Waals surface area contributed by atoms with Crippen LogP contribution in [0.1, 0.15) is 0 Å². The predicted molar refractivity (Wildman–Crippen MR) is 192 cm³/mol. The van der Waals surface area contributed by atoms with E-state index < -0.39 is 0 Å². The fourth-order valence-electron chi connectivity index (χ4n) is 6.54. The Morgan fingerprint density at radius 2 is 1.04 bits per heavy atom. The Hall–Kier alpha value is -5.64. The molecule has 2 heterocycles. The van der Waals surface area contributed by atoms with Gasteiger partial charge in [0.05, 0.1) is 10.4 Å². The Morgan fingerprint density at radius 1 is 0.422 bits per heavy atom. The zero-order valence-electron chi connectivity index (χ0n) is 24.4. The molecule has 0 fully saturated rings. The summed E-state index contributed by atoms with van der Waals surface area (Å²) in [6, 6.07) is 58.5. The van der Waals surface area contributed by atoms with Crippen LogP contribution in [0.3, 0.4) is 0 Å². The largest absolute Gasteiger partial charge is 0.456 e. The molecule has 0 aliphatic rings. The highest BCUT2D eigenvalue weighted by Gasteiger charge is 2.23. The van der Waals surface area contributed by atoms with Gasteiger partial charge in [0.15, 0.2) is 0 Å². The topological polar surface area (TPSA) is 16.4 Å². The number of benzene rings is 7. The lowest BCUT2D eigenvalue weighted by atomic mass is 9.98. The highest BCUT2D eigenvalue weighted by Crippen LogP contribution is 2.50. The lowest BCUT2D eigenvalue weighted by Crippen LogP contribution is -2.11. The van der Waals surface area contributed by atoms with Gasteiger partial charge in [-0.2, -0.15) is 0 Å². The maximum Gasteiger partial charge on any atom is 0.135 e. The normalized spacial score (nSPS) is 11.6. The molecular formula is C42H27NOS. The van der Waals surface area contributed by atoms with Crippen LogP contribution in [-0.4, -0.2) is 0 Å². The monoisotopic (exact) mass is 593 g/mol. The van der Waals surface area contributed by atoms with Crippen LogP contribution in [0.4, 0.5) is 17.1 Å². The van der Waals surface area contributed by atoms with Crippen molar-refractivity contribution in [2.75, 3.05) is 4.90 Å². The molecule has 2 nitrogen and oxygen atoms in total. The van der Waals surface area contributed by atoms with Crippen LogP contribution in [0.2, 0.25) is 0 Å². The molecule has 0 radical (unpaired) electrons. The third-order valence-electron chi connectivity index (χ3n) is 8.68. The molecule has 0 N–H and O–H groups in total. The molecule has 3 heteroatoms. The van der Waals surface area contributed by atoms with Crippen LogP contribution in [0, 0.1) is 0 Å². The summed E-state index contributed by atoms with van der Waals surface area (Å²) >= 11 is 1.86. The second kappa shape index (κ2) is 10.5. The summed E-state index contributed by atoms with van der Waals surface area (Å²) in [5.41, 5.74) is 9.94. The molecule has 2 aromatic heterocycles. The first-order chi connectivity index (χ1) is 22.3. The molecule has 0 spiro atoms. The van der Waals surface area contributed by atoms with Gasteiger partial charge in [0.1, 0.15) is 11.2 Å². The van der Waals surface area contributed by atoms with E-state index in [1.807, 2.05) is 23.5 Å². The van der Waals surface area contributed by atoms with Crippen molar-refractivity contribution in [2.45, 2.75) is 0 Å². The molecule has 212 valence electrons. The van der Waals surface area contributed by atoms with Crippen molar-refractivity contribution in [3.8, 4) is 22.3 Å². The van der Waals surface area contributed by atoms with Gasteiger partial charge in [-0.15, -0.1) is 11.3 Å². The van der Waals surface area contributed by atoms with Gasteiger partial charge in [-0.05, 0) is 59.2 Å². The fraction of sp³-hybridized carbons (Fsp3) is 0. The summed E-state index contributed by atoms with van der Waals surface area (Å²) in [6.07, 6.45) is 0. The number of nitrogens with zero attached hydrogens (tertiary/aromatic N) is 1. The molecule has 0 amide bonds. The predicted octanol–water partition coefficient (Wildman–Crippen LogP) is 12.8. The van der Waals surface area contributed by atoms with Gasteiger partial charge in [-0.1, -0.05) is 121 Å². The van der Waals surface area contributed by atoms with Gasteiger partial charge in [-0.3, -0.25) is 0 Å². The van der Waals surface area contributed by atoms with Crippen molar-refractivity contribution in [2.24, 2.45) is 0 Å². The first kappa shape index (κ1) is 25.8. The summed E-state index contributed by atoms with van der Waals surface area (Å²) in [7, 11) is 0. The van der Waals surface area contributed by atoms with E-state index in [9.17, 15) is 0 Å². The second-order valence-electron chi connectivity index (χ2n) is 11.3. The zero-order valence-corrected chi connectivity index (χ0v) is 25.2. The Balaban J connectivity index is 1.36. The highest BCUT2D eigenvalue weighted by molar-refractivity contribution is 7.26. The van der Waals surface area contributed by atoms with Gasteiger partial charge in [0, 0.05) is 43.2 Å². The van der Waals surface area contributed by atoms with E-state index in [0.29, 0.717) is 0 Å². The van der Waals surface area contributed by atoms with Gasteiger partial charge in [-0.25, -0.2) is 0 Å². The minimum Gasteiger partial charge on any atom is -0.456 e. The van der Waals surface area contributed by atoms with Crippen LogP contribution < -0.4 is 4.90 Å². The second-order valence-corrected chi connectivity index (χ2v) is 12.4. The number of anilines is 3. The fourth-order valence-corrected chi connectivity index (χ4v) is 7.78. The molecule has 9 aromatic rings. The van der Waals surface area contributed by atoms with Gasteiger partial charge in [0.25, 0.3) is 0 Å². The van der Waals surface area contributed by atoms with Crippen LogP contribution in [-0.2, 0) is 0 Å². The number of para-hydroxylation sites is 1. The minimum atomic E-state index is 0.891. The van der Waals surface area contributed by atoms with Crippen LogP contribution in [0.25, 0.3) is 64.4 Å². The first-order valence-corrected chi connectivity index (χ1v) is 16.0. The number of fused-ring (bicyclic) bond motifs is 6. The Bertz CT molecular complexity index is 2470. The minimum absolute atomic E-state index is 0.891. The van der Waals surface area contributed by atoms with Crippen molar-refractivity contribution in [1.29, 1.82) is 0 Å². The Morgan fingerprint density at radius 3 is 1.84 bits per heavy atom. The van der Waals surface area contributed by atoms with Crippen molar-refractivity contribution in [1.82, 2.24) is 0 Å². The molecule has 45 heavy (non-hydrogen) atoms. The third-order valence-corrected chi connectivity index (χ3v) is 9.87. The van der Waals surface area contributed by atoms with E-state index in [1.54, 1.807) is 0 Å². The van der Waals surface area contributed by atoms with Crippen molar-refractivity contribution in [3.63, 3.8) is 0 Å². The van der Waals surface area contributed by atoms with E-state index in [0.717, 1.165) is 33.3 Å². The van der Waals surface area contributed by atoms with Gasteiger partial charge >= 0.3 is 0 Å². The molecule has 0 aliphatic carbocycles. The summed E-state index contributed by atoms with van der Waals surface area (Å²) in [5.74, 6) is 0. The molecule has 0 atom stereocenters. The molecule has 0 saturated heterocycles. The number of thiophene rings is 1. The SMILES string of the molecule is c1ccc(-c2ccc(N(c3ccc4oc5ccccc5c4c3)c3c(-c4ccccc4)ccc4c3sc3ccccc34)cc2)cc1. The average Bonchev–Trinajstić information content (AvgIpc) is 3.68. The maximum absolute atomic E-state index is 6.25. The molecule has 0 unspecified atom stereocenters. The van der Waals surface area contributed by atoms with E-state index in [1.165, 1.54) is 48.1 Å². The molecule has 0 aliphatic heterocycles. The number of hydrogen-bond acceptors (Lipinski definition) is 3. The van der Waals surface area contributed by atoms with Crippen molar-refractivity contribution >= 4 is 70.5 Å². The molecule has 9 rings (SSSR count). The smallest absolute Gasteiger partial charge is 0.135 e. The van der Waals surface area contributed by atoms with E-state index in [-0.39, 0.29) is 0 Å². The number of hydrogen-bond donors (Lipinski definition) is 0. The lowest BCUT2D eigenvalue weighted by Gasteiger charge is -2.29. The molecular weight excluding hydrogens is 567 g/mol. The number of rotatable bonds is 5. The summed E-state index contributed by atoms with van der Waals surface area (Å²) in [5, 5.41) is 4.79. The first-order valence-electron chi connectivity index (χ1n) is 15.2. The standard InChI is InChI=1S/C42H27NOS/c1-3-11-28(12-4-1)29-19-21-31(22-20-29)43(32-23-26-39-37(27-32)34-15-7-9-17-38(34)44-39)41-33(30-13-5-2-6-14-30)24-25-36-35-16-8-10-18-40(35)45-42(36)41/h1-27H. The summed E-state index contributed by atoms with van der Waals surface area (Å²) in [6.45, 7) is 0. The van der Waals surface area contributed by atoms with Gasteiger partial charge < -0.3 is 9.32 Å². The Labute approximate surface area is 265 Å². The van der Waals surface area contributed by atoms with Crippen molar-refractivity contribution < 1.29 is 4.42 Å².